The van der Waals surface area contributed by atoms with Crippen LogP contribution < -0.4 is 9.64 Å². The van der Waals surface area contributed by atoms with Gasteiger partial charge in [0.2, 0.25) is 5.91 Å². The van der Waals surface area contributed by atoms with Gasteiger partial charge in [-0.1, -0.05) is 17.7 Å². The summed E-state index contributed by atoms with van der Waals surface area (Å²) >= 11 is 7.73. The largest absolute Gasteiger partial charge is 0.497 e. The number of fused-ring (bicyclic) bond motifs is 1. The summed E-state index contributed by atoms with van der Waals surface area (Å²) in [7, 11) is 1.66. The van der Waals surface area contributed by atoms with Crippen LogP contribution >= 0.6 is 22.9 Å². The van der Waals surface area contributed by atoms with Crippen LogP contribution in [0.2, 0.25) is 5.02 Å². The monoisotopic (exact) mass is 480 g/mol. The fourth-order valence-electron chi connectivity index (χ4n) is 4.19. The number of carbonyl (C=O) groups is 1. The summed E-state index contributed by atoms with van der Waals surface area (Å²) in [6.07, 6.45) is 3.25. The Labute approximate surface area is 202 Å². The van der Waals surface area contributed by atoms with E-state index in [2.05, 4.69) is 26.9 Å². The molecule has 1 aliphatic rings. The molecule has 0 bridgehead atoms. The van der Waals surface area contributed by atoms with Crippen molar-refractivity contribution in [3.05, 3.63) is 70.8 Å². The molecule has 0 atom stereocenters. The molecule has 6 nitrogen and oxygen atoms in total. The second-order valence-electron chi connectivity index (χ2n) is 8.08. The number of anilines is 1. The minimum Gasteiger partial charge on any atom is -0.497 e. The highest BCUT2D eigenvalue weighted by atomic mass is 35.5. The van der Waals surface area contributed by atoms with Gasteiger partial charge in [0.25, 0.3) is 0 Å². The number of piperazine rings is 1. The second-order valence-corrected chi connectivity index (χ2v) is 9.35. The van der Waals surface area contributed by atoms with E-state index in [4.69, 9.17) is 21.3 Å². The normalized spacial score (nSPS) is 14.1. The Hall–Kier alpha value is -3.03. The molecule has 2 aromatic carbocycles. The van der Waals surface area contributed by atoms with Crippen LogP contribution in [0.1, 0.15) is 12.1 Å². The maximum atomic E-state index is 12.9. The van der Waals surface area contributed by atoms with E-state index >= 15 is 0 Å². The fourth-order valence-corrected chi connectivity index (χ4v) is 5.28. The van der Waals surface area contributed by atoms with Crippen LogP contribution in [0.25, 0.3) is 16.2 Å². The molecule has 1 aliphatic heterocycles. The number of hydrogen-bond donors (Lipinski definition) is 0. The lowest BCUT2D eigenvalue weighted by Crippen LogP contribution is -2.48. The van der Waals surface area contributed by atoms with Gasteiger partial charge in [-0.2, -0.15) is 0 Å². The van der Waals surface area contributed by atoms with Crippen LogP contribution in [0.15, 0.2) is 60.1 Å². The van der Waals surface area contributed by atoms with Gasteiger partial charge in [0.1, 0.15) is 5.75 Å². The first-order valence-corrected chi connectivity index (χ1v) is 12.2. The molecule has 8 heteroatoms. The molecule has 0 spiro atoms. The average Bonchev–Trinajstić information content (AvgIpc) is 3.44. The zero-order valence-electron chi connectivity index (χ0n) is 18.4. The zero-order valence-corrected chi connectivity index (χ0v) is 20.0. The van der Waals surface area contributed by atoms with Crippen LogP contribution in [-0.2, 0) is 11.2 Å². The van der Waals surface area contributed by atoms with E-state index in [0.29, 0.717) is 12.8 Å². The number of thiazole rings is 1. The van der Waals surface area contributed by atoms with Gasteiger partial charge in [0, 0.05) is 66.1 Å². The third-order valence-corrected chi connectivity index (χ3v) is 7.19. The van der Waals surface area contributed by atoms with E-state index in [-0.39, 0.29) is 5.91 Å². The number of nitrogens with zero attached hydrogens (tertiary/aromatic N) is 4. The third kappa shape index (κ3) is 4.70. The first-order chi connectivity index (χ1) is 16.1. The van der Waals surface area contributed by atoms with Crippen molar-refractivity contribution < 1.29 is 9.53 Å². The molecule has 3 heterocycles. The van der Waals surface area contributed by atoms with Crippen LogP contribution in [0.3, 0.4) is 0 Å². The van der Waals surface area contributed by atoms with Crippen molar-refractivity contribution in [1.29, 1.82) is 0 Å². The van der Waals surface area contributed by atoms with Crippen molar-refractivity contribution in [3.8, 4) is 17.0 Å². The number of amides is 1. The van der Waals surface area contributed by atoms with Gasteiger partial charge in [0.05, 0.1) is 12.8 Å². The summed E-state index contributed by atoms with van der Waals surface area (Å²) in [6.45, 7) is 3.11. The number of ether oxygens (including phenoxy) is 1. The Morgan fingerprint density at radius 3 is 2.64 bits per heavy atom. The average molecular weight is 481 g/mol. The van der Waals surface area contributed by atoms with Crippen LogP contribution in [0, 0.1) is 0 Å². The number of aromatic nitrogens is 2. The lowest BCUT2D eigenvalue weighted by molar-refractivity contribution is -0.131. The topological polar surface area (TPSA) is 50.1 Å². The first kappa shape index (κ1) is 21.8. The Balaban J connectivity index is 1.19. The van der Waals surface area contributed by atoms with E-state index < -0.39 is 0 Å². The highest BCUT2D eigenvalue weighted by Crippen LogP contribution is 2.26. The SMILES string of the molecule is COc1ccc(-c2cn3c(CCC(=O)N4CCN(c5cccc(Cl)c5)CC4)csc3n2)cc1. The van der Waals surface area contributed by atoms with Gasteiger partial charge >= 0.3 is 0 Å². The first-order valence-electron chi connectivity index (χ1n) is 11.0. The van der Waals surface area contributed by atoms with Crippen molar-refractivity contribution >= 4 is 39.5 Å². The van der Waals surface area contributed by atoms with Crippen LogP contribution in [-0.4, -0.2) is 53.5 Å². The molecule has 0 unspecified atom stereocenters. The number of methoxy groups -OCH3 is 1. The molecule has 33 heavy (non-hydrogen) atoms. The zero-order chi connectivity index (χ0) is 22.8. The highest BCUT2D eigenvalue weighted by Gasteiger charge is 2.22. The lowest BCUT2D eigenvalue weighted by atomic mass is 10.1. The fraction of sp³-hybridized carbons (Fsp3) is 0.280. The number of carbonyl (C=O) groups excluding carboxylic acids is 1. The minimum atomic E-state index is 0.204. The lowest BCUT2D eigenvalue weighted by Gasteiger charge is -2.36. The van der Waals surface area contributed by atoms with Gasteiger partial charge in [-0.05, 0) is 48.9 Å². The second kappa shape index (κ2) is 9.45. The van der Waals surface area contributed by atoms with Gasteiger partial charge < -0.3 is 14.5 Å². The summed E-state index contributed by atoms with van der Waals surface area (Å²) < 4.78 is 7.34. The molecule has 0 radical (unpaired) electrons. The van der Waals surface area contributed by atoms with Crippen molar-refractivity contribution in [1.82, 2.24) is 14.3 Å². The molecule has 0 N–H and O–H groups in total. The van der Waals surface area contributed by atoms with E-state index in [0.717, 1.165) is 64.6 Å². The summed E-state index contributed by atoms with van der Waals surface area (Å²) in [5.74, 6) is 1.03. The molecule has 0 aliphatic carbocycles. The van der Waals surface area contributed by atoms with Gasteiger partial charge in [-0.3, -0.25) is 9.20 Å². The standard InChI is InChI=1S/C25H25ClN4O2S/c1-32-22-8-5-18(6-9-22)23-16-30-21(17-33-25(30)27-23)7-10-24(31)29-13-11-28(12-14-29)20-4-2-3-19(26)15-20/h2-6,8-9,15-17H,7,10-14H2,1H3. The smallest absolute Gasteiger partial charge is 0.223 e. The molecule has 4 aromatic rings. The maximum Gasteiger partial charge on any atom is 0.223 e. The van der Waals surface area contributed by atoms with Crippen molar-refractivity contribution in [3.63, 3.8) is 0 Å². The Morgan fingerprint density at radius 2 is 1.91 bits per heavy atom. The quantitative estimate of drug-likeness (QED) is 0.389. The molecule has 1 amide bonds. The van der Waals surface area contributed by atoms with Gasteiger partial charge in [-0.25, -0.2) is 4.98 Å². The third-order valence-electron chi connectivity index (χ3n) is 6.07. The summed E-state index contributed by atoms with van der Waals surface area (Å²) in [5, 5.41) is 2.84. The number of rotatable bonds is 6. The molecular formula is C25H25ClN4O2S. The van der Waals surface area contributed by atoms with E-state index in [1.807, 2.05) is 47.4 Å². The van der Waals surface area contributed by atoms with Crippen LogP contribution in [0.4, 0.5) is 5.69 Å². The number of benzene rings is 2. The maximum absolute atomic E-state index is 12.9. The van der Waals surface area contributed by atoms with Crippen LogP contribution in [0.5, 0.6) is 5.75 Å². The molecule has 1 saturated heterocycles. The summed E-state index contributed by atoms with van der Waals surface area (Å²) in [5.41, 5.74) is 4.21. The van der Waals surface area contributed by atoms with E-state index in [9.17, 15) is 4.79 Å². The van der Waals surface area contributed by atoms with Crippen molar-refractivity contribution in [2.45, 2.75) is 12.8 Å². The number of halogens is 1. The van der Waals surface area contributed by atoms with Crippen molar-refractivity contribution in [2.24, 2.45) is 0 Å². The molecule has 2 aromatic heterocycles. The number of aryl methyl sites for hydroxylation is 1. The Morgan fingerprint density at radius 1 is 1.12 bits per heavy atom. The van der Waals surface area contributed by atoms with Gasteiger partial charge in [-0.15, -0.1) is 11.3 Å². The Bertz CT molecular complexity index is 1260. The Kier molecular flexibility index (Phi) is 6.24. The molecule has 5 rings (SSSR count). The predicted molar refractivity (Wildman–Crippen MR) is 134 cm³/mol. The molecule has 1 fully saturated rings. The molecular weight excluding hydrogens is 456 g/mol. The van der Waals surface area contributed by atoms with E-state index in [1.165, 1.54) is 0 Å². The van der Waals surface area contributed by atoms with Gasteiger partial charge in [0.15, 0.2) is 4.96 Å². The summed E-state index contributed by atoms with van der Waals surface area (Å²) in [6, 6.07) is 15.8. The number of imidazole rings is 1. The number of hydrogen-bond acceptors (Lipinski definition) is 5. The minimum absolute atomic E-state index is 0.204. The molecule has 170 valence electrons. The summed E-state index contributed by atoms with van der Waals surface area (Å²) in [4.78, 5) is 22.8. The van der Waals surface area contributed by atoms with E-state index in [1.54, 1.807) is 18.4 Å². The van der Waals surface area contributed by atoms with Crippen molar-refractivity contribution in [2.75, 3.05) is 38.2 Å². The highest BCUT2D eigenvalue weighted by molar-refractivity contribution is 7.15. The predicted octanol–water partition coefficient (Wildman–Crippen LogP) is 5.01. The molecule has 0 saturated carbocycles.